The Bertz CT molecular complexity index is 501. The second kappa shape index (κ2) is 5.58. The number of rotatable bonds is 4. The zero-order chi connectivity index (χ0) is 12.3. The van der Waals surface area contributed by atoms with E-state index in [0.717, 1.165) is 4.90 Å². The lowest BCUT2D eigenvalue weighted by Crippen LogP contribution is -2.02. The molecule has 3 nitrogen and oxygen atoms in total. The minimum absolute atomic E-state index is 0.542. The third-order valence-corrected chi connectivity index (χ3v) is 3.90. The molecule has 0 saturated carbocycles. The standard InChI is InChI=1S/C12H13ClN2OS/c1-15-7-6-10(14-15)11(16)8-17-12-5-3-2-4-9(12)13/h2-7,11,16H,8H2,1H3. The fourth-order valence-corrected chi connectivity index (χ4v) is 2.61. The van der Waals surface area contributed by atoms with E-state index < -0.39 is 6.10 Å². The molecule has 1 heterocycles. The van der Waals surface area contributed by atoms with Crippen LogP contribution >= 0.6 is 23.4 Å². The third-order valence-electron chi connectivity index (χ3n) is 2.31. The van der Waals surface area contributed by atoms with E-state index in [-0.39, 0.29) is 0 Å². The molecule has 0 aliphatic rings. The smallest absolute Gasteiger partial charge is 0.107 e. The summed E-state index contributed by atoms with van der Waals surface area (Å²) in [6, 6.07) is 9.43. The molecular formula is C12H13ClN2OS. The number of nitrogens with zero attached hydrogens (tertiary/aromatic N) is 2. The molecule has 0 spiro atoms. The number of hydrogen-bond donors (Lipinski definition) is 1. The Morgan fingerprint density at radius 3 is 2.82 bits per heavy atom. The van der Waals surface area contributed by atoms with Crippen LogP contribution in [-0.4, -0.2) is 20.6 Å². The predicted octanol–water partition coefficient (Wildman–Crippen LogP) is 2.90. The van der Waals surface area contributed by atoms with Crippen LogP contribution in [0.25, 0.3) is 0 Å². The molecule has 0 bridgehead atoms. The number of hydrogen-bond acceptors (Lipinski definition) is 3. The van der Waals surface area contributed by atoms with Crippen LogP contribution < -0.4 is 0 Å². The molecule has 1 aromatic carbocycles. The van der Waals surface area contributed by atoms with Crippen LogP contribution in [-0.2, 0) is 7.05 Å². The number of benzene rings is 1. The second-order valence-electron chi connectivity index (χ2n) is 3.67. The minimum Gasteiger partial charge on any atom is -0.386 e. The quantitative estimate of drug-likeness (QED) is 0.867. The van der Waals surface area contributed by atoms with Crippen molar-refractivity contribution in [2.24, 2.45) is 7.05 Å². The molecular weight excluding hydrogens is 256 g/mol. The van der Waals surface area contributed by atoms with E-state index in [1.807, 2.05) is 43.6 Å². The van der Waals surface area contributed by atoms with Gasteiger partial charge in [-0.05, 0) is 18.2 Å². The summed E-state index contributed by atoms with van der Waals surface area (Å²) >= 11 is 7.56. The second-order valence-corrected chi connectivity index (χ2v) is 5.14. The topological polar surface area (TPSA) is 38.0 Å². The van der Waals surface area contributed by atoms with Gasteiger partial charge in [-0.1, -0.05) is 23.7 Å². The first-order valence-corrected chi connectivity index (χ1v) is 6.58. The van der Waals surface area contributed by atoms with Gasteiger partial charge in [0.1, 0.15) is 6.10 Å². The Kier molecular flexibility index (Phi) is 4.10. The molecule has 5 heteroatoms. The predicted molar refractivity (Wildman–Crippen MR) is 70.3 cm³/mol. The van der Waals surface area contributed by atoms with E-state index in [4.69, 9.17) is 11.6 Å². The van der Waals surface area contributed by atoms with Crippen molar-refractivity contribution < 1.29 is 5.11 Å². The Balaban J connectivity index is 1.97. The van der Waals surface area contributed by atoms with Gasteiger partial charge in [-0.3, -0.25) is 4.68 Å². The molecule has 0 aliphatic carbocycles. The van der Waals surface area contributed by atoms with Gasteiger partial charge in [0.05, 0.1) is 10.7 Å². The summed E-state index contributed by atoms with van der Waals surface area (Å²) in [4.78, 5) is 0.976. The van der Waals surface area contributed by atoms with Crippen LogP contribution in [0.1, 0.15) is 11.8 Å². The number of halogens is 1. The molecule has 1 unspecified atom stereocenters. The summed E-state index contributed by atoms with van der Waals surface area (Å²) in [5, 5.41) is 14.8. The highest BCUT2D eigenvalue weighted by atomic mass is 35.5. The maximum Gasteiger partial charge on any atom is 0.107 e. The number of aliphatic hydroxyl groups excluding tert-OH is 1. The fourth-order valence-electron chi connectivity index (χ4n) is 1.43. The molecule has 0 amide bonds. The highest BCUT2D eigenvalue weighted by molar-refractivity contribution is 7.99. The van der Waals surface area contributed by atoms with Crippen molar-refractivity contribution >= 4 is 23.4 Å². The molecule has 0 fully saturated rings. The lowest BCUT2D eigenvalue weighted by Gasteiger charge is -2.08. The third kappa shape index (κ3) is 3.25. The summed E-state index contributed by atoms with van der Waals surface area (Å²) in [6.45, 7) is 0. The summed E-state index contributed by atoms with van der Waals surface area (Å²) in [6.07, 6.45) is 1.25. The van der Waals surface area contributed by atoms with Gasteiger partial charge in [0.25, 0.3) is 0 Å². The van der Waals surface area contributed by atoms with Crippen LogP contribution in [0, 0.1) is 0 Å². The van der Waals surface area contributed by atoms with Gasteiger partial charge in [-0.15, -0.1) is 11.8 Å². The van der Waals surface area contributed by atoms with Gasteiger partial charge in [-0.2, -0.15) is 5.10 Å². The number of aromatic nitrogens is 2. The van der Waals surface area contributed by atoms with Crippen LogP contribution in [0.5, 0.6) is 0 Å². The Labute approximate surface area is 109 Å². The zero-order valence-electron chi connectivity index (χ0n) is 9.38. The molecule has 0 radical (unpaired) electrons. The number of thioether (sulfide) groups is 1. The van der Waals surface area contributed by atoms with Crippen molar-refractivity contribution in [3.05, 3.63) is 47.2 Å². The van der Waals surface area contributed by atoms with Crippen molar-refractivity contribution in [3.63, 3.8) is 0 Å². The zero-order valence-corrected chi connectivity index (χ0v) is 10.9. The van der Waals surface area contributed by atoms with E-state index in [9.17, 15) is 5.11 Å². The molecule has 0 aliphatic heterocycles. The van der Waals surface area contributed by atoms with E-state index in [0.29, 0.717) is 16.5 Å². The van der Waals surface area contributed by atoms with E-state index in [1.54, 1.807) is 4.68 Å². The maximum atomic E-state index is 9.95. The van der Waals surface area contributed by atoms with Gasteiger partial charge < -0.3 is 5.11 Å². The van der Waals surface area contributed by atoms with Crippen molar-refractivity contribution in [1.29, 1.82) is 0 Å². The molecule has 2 rings (SSSR count). The lowest BCUT2D eigenvalue weighted by molar-refractivity contribution is 0.198. The van der Waals surface area contributed by atoms with E-state index in [2.05, 4.69) is 5.10 Å². The van der Waals surface area contributed by atoms with Gasteiger partial charge in [-0.25, -0.2) is 0 Å². The molecule has 1 N–H and O–H groups in total. The maximum absolute atomic E-state index is 9.95. The van der Waals surface area contributed by atoms with Gasteiger partial charge in [0, 0.05) is 23.9 Å². The Morgan fingerprint density at radius 1 is 1.41 bits per heavy atom. The van der Waals surface area contributed by atoms with Crippen LogP contribution in [0.15, 0.2) is 41.4 Å². The monoisotopic (exact) mass is 268 g/mol. The van der Waals surface area contributed by atoms with Crippen LogP contribution in [0.4, 0.5) is 0 Å². The molecule has 17 heavy (non-hydrogen) atoms. The fraction of sp³-hybridized carbons (Fsp3) is 0.250. The first kappa shape index (κ1) is 12.5. The lowest BCUT2D eigenvalue weighted by atomic mass is 10.3. The number of aliphatic hydroxyl groups is 1. The normalized spacial score (nSPS) is 12.6. The average molecular weight is 269 g/mol. The first-order chi connectivity index (χ1) is 8.16. The SMILES string of the molecule is Cn1ccc(C(O)CSc2ccccc2Cl)n1. The van der Waals surface area contributed by atoms with E-state index >= 15 is 0 Å². The van der Waals surface area contributed by atoms with Crippen molar-refractivity contribution in [2.45, 2.75) is 11.0 Å². The van der Waals surface area contributed by atoms with Gasteiger partial charge in [0.2, 0.25) is 0 Å². The highest BCUT2D eigenvalue weighted by Gasteiger charge is 2.11. The van der Waals surface area contributed by atoms with Crippen molar-refractivity contribution in [2.75, 3.05) is 5.75 Å². The van der Waals surface area contributed by atoms with Gasteiger partial charge in [0.15, 0.2) is 0 Å². The number of aryl methyl sites for hydroxylation is 1. The average Bonchev–Trinajstić information content (AvgIpc) is 2.74. The Morgan fingerprint density at radius 2 is 2.18 bits per heavy atom. The largest absolute Gasteiger partial charge is 0.386 e. The van der Waals surface area contributed by atoms with Crippen molar-refractivity contribution in [1.82, 2.24) is 9.78 Å². The Hall–Kier alpha value is -0.970. The summed E-state index contributed by atoms with van der Waals surface area (Å²) < 4.78 is 1.68. The molecule has 1 aromatic heterocycles. The van der Waals surface area contributed by atoms with Crippen LogP contribution in [0.3, 0.4) is 0 Å². The molecule has 1 atom stereocenters. The highest BCUT2D eigenvalue weighted by Crippen LogP contribution is 2.29. The molecule has 0 saturated heterocycles. The van der Waals surface area contributed by atoms with E-state index in [1.165, 1.54) is 11.8 Å². The molecule has 90 valence electrons. The minimum atomic E-state index is -0.572. The summed E-state index contributed by atoms with van der Waals surface area (Å²) in [5.41, 5.74) is 0.687. The van der Waals surface area contributed by atoms with Gasteiger partial charge >= 0.3 is 0 Å². The molecule has 2 aromatic rings. The van der Waals surface area contributed by atoms with Crippen molar-refractivity contribution in [3.8, 4) is 0 Å². The van der Waals surface area contributed by atoms with Crippen LogP contribution in [0.2, 0.25) is 5.02 Å². The summed E-state index contributed by atoms with van der Waals surface area (Å²) in [7, 11) is 1.83. The summed E-state index contributed by atoms with van der Waals surface area (Å²) in [5.74, 6) is 0.542. The first-order valence-electron chi connectivity index (χ1n) is 5.22.